The fourth-order valence-corrected chi connectivity index (χ4v) is 0.938. The van der Waals surface area contributed by atoms with Crippen LogP contribution in [0.2, 0.25) is 0 Å². The van der Waals surface area contributed by atoms with E-state index in [1.165, 1.54) is 5.56 Å². The largest absolute Gasteiger partial charge is 0.741 e. The molecule has 0 saturated carbocycles. The second-order valence-corrected chi connectivity index (χ2v) is 5.89. The van der Waals surface area contributed by atoms with E-state index in [2.05, 4.69) is 51.1 Å². The highest BCUT2D eigenvalue weighted by atomic mass is 127. The van der Waals surface area contributed by atoms with Crippen LogP contribution in [0.5, 0.6) is 0 Å². The summed E-state index contributed by atoms with van der Waals surface area (Å²) in [7, 11) is -6.09. The molecular weight excluding hydrogens is 396 g/mol. The van der Waals surface area contributed by atoms with E-state index < -0.39 is 15.6 Å². The van der Waals surface area contributed by atoms with Crippen LogP contribution in [0.15, 0.2) is 30.3 Å². The van der Waals surface area contributed by atoms with Crippen molar-refractivity contribution in [2.75, 3.05) is 0 Å². The number of halogens is 4. The van der Waals surface area contributed by atoms with E-state index in [4.69, 9.17) is 13.0 Å². The van der Waals surface area contributed by atoms with Crippen LogP contribution in [-0.2, 0) is 15.5 Å². The number of alkyl halides is 3. The lowest BCUT2D eigenvalue weighted by atomic mass is 9.87. The number of rotatable bonds is 0. The minimum absolute atomic E-state index is 0. The molecule has 0 aromatic heterocycles. The zero-order chi connectivity index (χ0) is 14.6. The number of hydrogen-bond acceptors (Lipinski definition) is 3. The third-order valence-corrected chi connectivity index (χ3v) is 2.49. The molecule has 0 aliphatic heterocycles. The summed E-state index contributed by atoms with van der Waals surface area (Å²) in [6, 6.07) is 10.6. The molecule has 19 heavy (non-hydrogen) atoms. The van der Waals surface area contributed by atoms with E-state index >= 15 is 0 Å². The molecule has 1 aromatic carbocycles. The van der Waals surface area contributed by atoms with Crippen LogP contribution in [0.1, 0.15) is 26.3 Å². The summed E-state index contributed by atoms with van der Waals surface area (Å²) in [5.41, 5.74) is -3.95. The molecule has 0 aliphatic carbocycles. The van der Waals surface area contributed by atoms with Crippen LogP contribution < -0.4 is 24.0 Å². The van der Waals surface area contributed by atoms with Crippen LogP contribution in [0.4, 0.5) is 13.2 Å². The maximum absolute atomic E-state index is 10.7. The Morgan fingerprint density at radius 1 is 1.00 bits per heavy atom. The van der Waals surface area contributed by atoms with Crippen molar-refractivity contribution in [3.05, 3.63) is 35.9 Å². The van der Waals surface area contributed by atoms with Gasteiger partial charge in [0.05, 0.1) is 0 Å². The zero-order valence-corrected chi connectivity index (χ0v) is 14.0. The highest BCUT2D eigenvalue weighted by Crippen LogP contribution is 2.21. The quantitative estimate of drug-likeness (QED) is 0.328. The molecular formula is C11H16F3IO3S. The number of hydrogen-bond donors (Lipinski definition) is 0. The molecule has 0 fully saturated rings. The van der Waals surface area contributed by atoms with Crippen LogP contribution in [-0.4, -0.2) is 18.5 Å². The van der Waals surface area contributed by atoms with Crippen LogP contribution in [0.25, 0.3) is 0 Å². The van der Waals surface area contributed by atoms with Gasteiger partial charge in [0.2, 0.25) is 24.0 Å². The Kier molecular flexibility index (Phi) is 8.20. The monoisotopic (exact) mass is 412 g/mol. The van der Waals surface area contributed by atoms with Crippen molar-refractivity contribution in [3.63, 3.8) is 0 Å². The van der Waals surface area contributed by atoms with Crippen molar-refractivity contribution in [1.82, 2.24) is 0 Å². The molecule has 0 unspecified atom stereocenters. The average Bonchev–Trinajstić information content (AvgIpc) is 2.15. The normalized spacial score (nSPS) is 11.9. The molecule has 8 heteroatoms. The fourth-order valence-electron chi connectivity index (χ4n) is 0.938. The Morgan fingerprint density at radius 2 is 1.32 bits per heavy atom. The van der Waals surface area contributed by atoms with Gasteiger partial charge >= 0.3 is 5.51 Å². The Hall–Kier alpha value is -0.350. The molecule has 0 heterocycles. The van der Waals surface area contributed by atoms with Gasteiger partial charge in [0.15, 0.2) is 10.1 Å². The van der Waals surface area contributed by atoms with E-state index in [0.29, 0.717) is 5.41 Å². The third-order valence-electron chi connectivity index (χ3n) is 1.92. The summed E-state index contributed by atoms with van der Waals surface area (Å²) in [5.74, 6) is 0. The maximum Gasteiger partial charge on any atom is 0.485 e. The van der Waals surface area contributed by atoms with Gasteiger partial charge in [-0.25, -0.2) is 8.42 Å². The summed E-state index contributed by atoms with van der Waals surface area (Å²) >= 11 is 0. The topological polar surface area (TPSA) is 57.2 Å². The van der Waals surface area contributed by atoms with Crippen molar-refractivity contribution in [3.8, 4) is 0 Å². The third kappa shape index (κ3) is 8.43. The second kappa shape index (κ2) is 7.44. The van der Waals surface area contributed by atoms with Gasteiger partial charge in [-0.3, -0.25) is 0 Å². The van der Waals surface area contributed by atoms with Gasteiger partial charge in [-0.15, -0.1) is 0 Å². The lowest BCUT2D eigenvalue weighted by molar-refractivity contribution is -0.0517. The lowest BCUT2D eigenvalue weighted by Gasteiger charge is -2.18. The summed E-state index contributed by atoms with van der Waals surface area (Å²) in [5, 5.41) is 0. The van der Waals surface area contributed by atoms with E-state index in [0.717, 1.165) is 0 Å². The molecule has 0 saturated heterocycles. The zero-order valence-electron chi connectivity index (χ0n) is 10.6. The van der Waals surface area contributed by atoms with Gasteiger partial charge in [0.25, 0.3) is 0 Å². The van der Waals surface area contributed by atoms with Gasteiger partial charge < -0.3 is 4.55 Å². The summed E-state index contributed by atoms with van der Waals surface area (Å²) in [6.45, 7) is 6.67. The Balaban J connectivity index is 0. The predicted octanol–water partition coefficient (Wildman–Crippen LogP) is -0.496. The lowest BCUT2D eigenvalue weighted by Crippen LogP contribution is -3.00. The second-order valence-electron chi connectivity index (χ2n) is 4.52. The molecule has 0 spiro atoms. The van der Waals surface area contributed by atoms with Crippen molar-refractivity contribution >= 4 is 10.1 Å². The minimum Gasteiger partial charge on any atom is -0.741 e. The Bertz CT molecular complexity index is 464. The van der Waals surface area contributed by atoms with Crippen LogP contribution in [0, 0.1) is 0 Å². The molecule has 1 aromatic rings. The van der Waals surface area contributed by atoms with E-state index in [-0.39, 0.29) is 24.0 Å². The first-order chi connectivity index (χ1) is 7.86. The average molecular weight is 412 g/mol. The van der Waals surface area contributed by atoms with Gasteiger partial charge in [0, 0.05) is 0 Å². The summed E-state index contributed by atoms with van der Waals surface area (Å²) in [4.78, 5) is 0. The van der Waals surface area contributed by atoms with Gasteiger partial charge in [0.1, 0.15) is 0 Å². The van der Waals surface area contributed by atoms with Crippen molar-refractivity contribution in [1.29, 1.82) is 0 Å². The number of benzene rings is 1. The summed E-state index contributed by atoms with van der Waals surface area (Å²) in [6.07, 6.45) is 0. The maximum atomic E-state index is 10.7. The molecule has 0 aliphatic rings. The molecule has 0 radical (unpaired) electrons. The highest BCUT2D eigenvalue weighted by Gasteiger charge is 2.36. The van der Waals surface area contributed by atoms with Crippen LogP contribution >= 0.6 is 0 Å². The van der Waals surface area contributed by atoms with Crippen molar-refractivity contribution in [2.24, 2.45) is 0 Å². The molecule has 3 nitrogen and oxygen atoms in total. The van der Waals surface area contributed by atoms with E-state index in [1.807, 2.05) is 0 Å². The smallest absolute Gasteiger partial charge is 0.485 e. The van der Waals surface area contributed by atoms with Crippen molar-refractivity contribution in [2.45, 2.75) is 31.7 Å². The fraction of sp³-hybridized carbons (Fsp3) is 0.455. The minimum atomic E-state index is -6.09. The van der Waals surface area contributed by atoms with Gasteiger partial charge in [-0.05, 0) is 11.0 Å². The Morgan fingerprint density at radius 3 is 1.47 bits per heavy atom. The standard InChI is InChI=1S/C10H14.CHF3O3S.H2I/c1-10(2,3)9-7-5-4-6-8-9;2-1(3,4)8(5,6)7;/h4-8H,1-3H3;(H,5,6,7);1H2/q;;+1/p-1. The molecule has 0 atom stereocenters. The van der Waals surface area contributed by atoms with E-state index in [1.54, 1.807) is 0 Å². The molecule has 0 amide bonds. The predicted molar refractivity (Wildman–Crippen MR) is 63.7 cm³/mol. The molecule has 0 bridgehead atoms. The first-order valence-electron chi connectivity index (χ1n) is 4.93. The molecule has 0 N–H and O–H groups in total. The van der Waals surface area contributed by atoms with E-state index in [9.17, 15) is 13.2 Å². The first-order valence-corrected chi connectivity index (χ1v) is 6.34. The van der Waals surface area contributed by atoms with Crippen molar-refractivity contribution < 1.29 is 50.1 Å². The first kappa shape index (κ1) is 21.0. The van der Waals surface area contributed by atoms with Gasteiger partial charge in [-0.2, -0.15) is 13.2 Å². The summed E-state index contributed by atoms with van der Waals surface area (Å²) < 4.78 is 58.9. The molecule has 1 rings (SSSR count). The highest BCUT2D eigenvalue weighted by molar-refractivity contribution is 7.86. The van der Waals surface area contributed by atoms with Gasteiger partial charge in [-0.1, -0.05) is 51.1 Å². The SMILES string of the molecule is CC(C)(C)c1ccccc1.O=S(=O)([O-])C(F)(F)F.[IH2+]. The Labute approximate surface area is 128 Å². The molecule has 112 valence electrons. The van der Waals surface area contributed by atoms with Crippen LogP contribution in [0.3, 0.4) is 0 Å².